The molecule has 0 aliphatic carbocycles. The number of carbonyl (C=O) groups excluding carboxylic acids is 1. The second kappa shape index (κ2) is 5.35. The van der Waals surface area contributed by atoms with E-state index >= 15 is 0 Å². The Hall–Kier alpha value is -2.62. The highest BCUT2D eigenvalue weighted by molar-refractivity contribution is 5.90. The van der Waals surface area contributed by atoms with Crippen LogP contribution in [0.4, 0.5) is 5.69 Å². The van der Waals surface area contributed by atoms with Gasteiger partial charge in [0.1, 0.15) is 17.8 Å². The normalized spacial score (nSPS) is 18.6. The number of amides is 1. The van der Waals surface area contributed by atoms with Gasteiger partial charge in [0, 0.05) is 25.0 Å². The third-order valence-electron chi connectivity index (χ3n) is 2.89. The summed E-state index contributed by atoms with van der Waals surface area (Å²) in [6.45, 7) is 0.942. The number of nitrogens with one attached hydrogen (secondary N) is 1. The van der Waals surface area contributed by atoms with E-state index in [9.17, 15) is 9.59 Å². The lowest BCUT2D eigenvalue weighted by atomic mass is 10.1. The van der Waals surface area contributed by atoms with Gasteiger partial charge in [-0.1, -0.05) is 0 Å². The third kappa shape index (κ3) is 2.80. The van der Waals surface area contributed by atoms with Gasteiger partial charge in [-0.3, -0.25) is 9.59 Å². The first kappa shape index (κ1) is 12.8. The summed E-state index contributed by atoms with van der Waals surface area (Å²) in [5, 5.41) is 20.3. The van der Waals surface area contributed by atoms with Crippen LogP contribution in [0.1, 0.15) is 12.1 Å². The Kier molecular flexibility index (Phi) is 3.61. The van der Waals surface area contributed by atoms with E-state index in [1.165, 1.54) is 6.20 Å². The lowest BCUT2D eigenvalue weighted by Crippen LogP contribution is -2.56. The molecule has 0 bridgehead atoms. The maximum absolute atomic E-state index is 11.8. The van der Waals surface area contributed by atoms with Crippen molar-refractivity contribution < 1.29 is 14.7 Å². The minimum atomic E-state index is -1.04. The first-order valence-corrected chi connectivity index (χ1v) is 5.74. The van der Waals surface area contributed by atoms with Crippen molar-refractivity contribution in [3.63, 3.8) is 0 Å². The number of aromatic nitrogens is 1. The van der Waals surface area contributed by atoms with Crippen LogP contribution in [-0.4, -0.2) is 41.1 Å². The summed E-state index contributed by atoms with van der Waals surface area (Å²) < 4.78 is 0. The molecule has 2 N–H and O–H groups in total. The van der Waals surface area contributed by atoms with Gasteiger partial charge < -0.3 is 15.3 Å². The summed E-state index contributed by atoms with van der Waals surface area (Å²) in [6, 6.07) is 4.36. The lowest BCUT2D eigenvalue weighted by molar-refractivity contribution is -0.139. The molecule has 1 unspecified atom stereocenters. The van der Waals surface area contributed by atoms with Crippen molar-refractivity contribution >= 4 is 17.6 Å². The van der Waals surface area contributed by atoms with E-state index in [0.29, 0.717) is 18.8 Å². The van der Waals surface area contributed by atoms with Crippen LogP contribution < -0.4 is 10.2 Å². The molecule has 2 heterocycles. The van der Waals surface area contributed by atoms with Crippen LogP contribution in [0, 0.1) is 11.3 Å². The maximum Gasteiger partial charge on any atom is 0.305 e. The molecule has 7 heteroatoms. The minimum Gasteiger partial charge on any atom is -0.481 e. The van der Waals surface area contributed by atoms with Crippen molar-refractivity contribution in [2.24, 2.45) is 0 Å². The summed E-state index contributed by atoms with van der Waals surface area (Å²) in [5.41, 5.74) is 0.866. The van der Waals surface area contributed by atoms with E-state index in [1.807, 2.05) is 6.07 Å². The number of aliphatic carboxylic acids is 1. The van der Waals surface area contributed by atoms with Crippen LogP contribution >= 0.6 is 0 Å². The number of pyridine rings is 1. The average Bonchev–Trinajstić information content (AvgIpc) is 2.40. The molecule has 0 spiro atoms. The predicted molar refractivity (Wildman–Crippen MR) is 65.3 cm³/mol. The Morgan fingerprint density at radius 3 is 3.16 bits per heavy atom. The summed E-state index contributed by atoms with van der Waals surface area (Å²) >= 11 is 0. The standard InChI is InChI=1S/C12H12N4O3/c13-7-8-5-9(1-2-14-8)16-4-3-15-12(19)10(16)6-11(17)18/h1-2,5,10H,3-4,6H2,(H,15,19)(H,17,18). The molecule has 0 radical (unpaired) electrons. The molecule has 1 fully saturated rings. The summed E-state index contributed by atoms with van der Waals surface area (Å²) in [4.78, 5) is 28.2. The number of piperazine rings is 1. The molecule has 7 nitrogen and oxygen atoms in total. The molecule has 1 aromatic heterocycles. The molecule has 19 heavy (non-hydrogen) atoms. The molecule has 0 saturated carbocycles. The highest BCUT2D eigenvalue weighted by Crippen LogP contribution is 2.20. The largest absolute Gasteiger partial charge is 0.481 e. The Labute approximate surface area is 109 Å². The van der Waals surface area contributed by atoms with E-state index in [1.54, 1.807) is 17.0 Å². The fourth-order valence-corrected chi connectivity index (χ4v) is 2.05. The second-order valence-electron chi connectivity index (χ2n) is 4.11. The first-order valence-electron chi connectivity index (χ1n) is 5.74. The maximum atomic E-state index is 11.8. The van der Waals surface area contributed by atoms with Gasteiger partial charge >= 0.3 is 5.97 Å². The second-order valence-corrected chi connectivity index (χ2v) is 4.11. The van der Waals surface area contributed by atoms with E-state index in [2.05, 4.69) is 10.3 Å². The van der Waals surface area contributed by atoms with Crippen molar-refractivity contribution in [2.45, 2.75) is 12.5 Å². The Morgan fingerprint density at radius 2 is 2.47 bits per heavy atom. The quantitative estimate of drug-likeness (QED) is 0.775. The topological polar surface area (TPSA) is 106 Å². The molecule has 1 aromatic rings. The molecule has 1 aliphatic heterocycles. The van der Waals surface area contributed by atoms with Crippen LogP contribution in [-0.2, 0) is 9.59 Å². The number of carbonyl (C=O) groups is 2. The Morgan fingerprint density at radius 1 is 1.68 bits per heavy atom. The van der Waals surface area contributed by atoms with Gasteiger partial charge in [0.15, 0.2) is 0 Å². The molecular weight excluding hydrogens is 248 g/mol. The zero-order valence-corrected chi connectivity index (χ0v) is 10.0. The minimum absolute atomic E-state index is 0.234. The van der Waals surface area contributed by atoms with Crippen LogP contribution in [0.3, 0.4) is 0 Å². The van der Waals surface area contributed by atoms with E-state index in [4.69, 9.17) is 10.4 Å². The van der Waals surface area contributed by atoms with Crippen LogP contribution in [0.25, 0.3) is 0 Å². The zero-order chi connectivity index (χ0) is 13.8. The van der Waals surface area contributed by atoms with Crippen molar-refractivity contribution in [3.8, 4) is 6.07 Å². The number of anilines is 1. The number of hydrogen-bond acceptors (Lipinski definition) is 5. The van der Waals surface area contributed by atoms with Crippen LogP contribution in [0.15, 0.2) is 18.3 Å². The van der Waals surface area contributed by atoms with Crippen molar-refractivity contribution in [1.82, 2.24) is 10.3 Å². The Balaban J connectivity index is 2.31. The van der Waals surface area contributed by atoms with Gasteiger partial charge in [0.2, 0.25) is 5.91 Å². The van der Waals surface area contributed by atoms with Crippen molar-refractivity contribution in [3.05, 3.63) is 24.0 Å². The molecule has 98 valence electrons. The summed E-state index contributed by atoms with van der Waals surface area (Å²) in [6.07, 6.45) is 1.19. The predicted octanol–water partition coefficient (Wildman–Crippen LogP) is -0.267. The number of nitriles is 1. The fraction of sp³-hybridized carbons (Fsp3) is 0.333. The van der Waals surface area contributed by atoms with Gasteiger partial charge in [-0.25, -0.2) is 4.98 Å². The van der Waals surface area contributed by atoms with Crippen LogP contribution in [0.2, 0.25) is 0 Å². The van der Waals surface area contributed by atoms with Gasteiger partial charge in [0.05, 0.1) is 6.42 Å². The zero-order valence-electron chi connectivity index (χ0n) is 10.0. The highest BCUT2D eigenvalue weighted by Gasteiger charge is 2.31. The molecule has 1 amide bonds. The lowest BCUT2D eigenvalue weighted by Gasteiger charge is -2.36. The number of hydrogen-bond donors (Lipinski definition) is 2. The molecule has 1 aliphatic rings. The number of nitrogens with zero attached hydrogens (tertiary/aromatic N) is 3. The number of rotatable bonds is 3. The monoisotopic (exact) mass is 260 g/mol. The third-order valence-corrected chi connectivity index (χ3v) is 2.89. The average molecular weight is 260 g/mol. The van der Waals surface area contributed by atoms with Crippen molar-refractivity contribution in [1.29, 1.82) is 5.26 Å². The van der Waals surface area contributed by atoms with Gasteiger partial charge in [-0.15, -0.1) is 0 Å². The number of carboxylic acids is 1. The van der Waals surface area contributed by atoms with E-state index in [0.717, 1.165) is 0 Å². The van der Waals surface area contributed by atoms with Gasteiger partial charge in [0.25, 0.3) is 0 Å². The van der Waals surface area contributed by atoms with Crippen molar-refractivity contribution in [2.75, 3.05) is 18.0 Å². The van der Waals surface area contributed by atoms with Gasteiger partial charge in [-0.05, 0) is 12.1 Å². The van der Waals surface area contributed by atoms with E-state index in [-0.39, 0.29) is 18.0 Å². The number of carboxylic acid groups (broad SMARTS) is 1. The molecular formula is C12H12N4O3. The van der Waals surface area contributed by atoms with E-state index < -0.39 is 12.0 Å². The Bertz CT molecular complexity index is 552. The van der Waals surface area contributed by atoms with Gasteiger partial charge in [-0.2, -0.15) is 5.26 Å². The molecule has 2 rings (SSSR count). The first-order chi connectivity index (χ1) is 9.11. The van der Waals surface area contributed by atoms with Crippen LogP contribution in [0.5, 0.6) is 0 Å². The highest BCUT2D eigenvalue weighted by atomic mass is 16.4. The summed E-state index contributed by atoms with van der Waals surface area (Å²) in [5.74, 6) is -1.36. The molecule has 0 aromatic carbocycles. The molecule has 1 atom stereocenters. The smallest absolute Gasteiger partial charge is 0.305 e. The fourth-order valence-electron chi connectivity index (χ4n) is 2.05. The summed E-state index contributed by atoms with van der Waals surface area (Å²) in [7, 11) is 0. The SMILES string of the molecule is N#Cc1cc(N2CCNC(=O)C2CC(=O)O)ccn1. The molecule has 1 saturated heterocycles.